The lowest BCUT2D eigenvalue weighted by atomic mass is 10.0. The standard InChI is InChI=1S/C23H14ClFN2O4/c24-16-11-15(7-8-17(16)25)27-22(28)20(13-4-2-1-3-5-13)21(23(27)29)26-14-6-9-18-19(10-14)31-12-30-18/h1-11,26H,12H2. The van der Waals surface area contributed by atoms with Gasteiger partial charge in [-0.1, -0.05) is 41.9 Å². The second-order valence-corrected chi connectivity index (χ2v) is 7.26. The highest BCUT2D eigenvalue weighted by atomic mass is 35.5. The number of halogens is 2. The molecular weight excluding hydrogens is 423 g/mol. The molecular formula is C23H14ClFN2O4. The Morgan fingerprint density at radius 3 is 2.45 bits per heavy atom. The van der Waals surface area contributed by atoms with Crippen molar-refractivity contribution in [1.82, 2.24) is 0 Å². The average Bonchev–Trinajstić information content (AvgIpc) is 3.33. The van der Waals surface area contributed by atoms with Crippen LogP contribution in [0.3, 0.4) is 0 Å². The molecule has 2 amide bonds. The molecule has 0 fully saturated rings. The zero-order chi connectivity index (χ0) is 21.5. The van der Waals surface area contributed by atoms with Crippen LogP contribution in [0, 0.1) is 5.82 Å². The van der Waals surface area contributed by atoms with E-state index < -0.39 is 17.6 Å². The van der Waals surface area contributed by atoms with E-state index in [1.807, 2.05) is 6.07 Å². The molecule has 5 rings (SSSR count). The van der Waals surface area contributed by atoms with Crippen molar-refractivity contribution >= 4 is 40.4 Å². The van der Waals surface area contributed by atoms with E-state index in [9.17, 15) is 14.0 Å². The van der Waals surface area contributed by atoms with E-state index in [-0.39, 0.29) is 28.8 Å². The summed E-state index contributed by atoms with van der Waals surface area (Å²) >= 11 is 5.88. The Kier molecular flexibility index (Phi) is 4.60. The second kappa shape index (κ2) is 7.45. The molecule has 3 aromatic rings. The molecule has 0 radical (unpaired) electrons. The number of carbonyl (C=O) groups excluding carboxylic acids is 2. The summed E-state index contributed by atoms with van der Waals surface area (Å²) < 4.78 is 24.3. The Hall–Kier alpha value is -3.84. The monoisotopic (exact) mass is 436 g/mol. The molecule has 2 aliphatic heterocycles. The van der Waals surface area contributed by atoms with Crippen molar-refractivity contribution in [3.05, 3.63) is 88.8 Å². The number of anilines is 2. The molecule has 2 aliphatic rings. The van der Waals surface area contributed by atoms with Gasteiger partial charge in [0.15, 0.2) is 11.5 Å². The van der Waals surface area contributed by atoms with Crippen molar-refractivity contribution in [3.8, 4) is 11.5 Å². The first-order valence-electron chi connectivity index (χ1n) is 9.33. The molecule has 0 atom stereocenters. The first-order valence-corrected chi connectivity index (χ1v) is 9.71. The molecule has 6 nitrogen and oxygen atoms in total. The first-order chi connectivity index (χ1) is 15.0. The lowest BCUT2D eigenvalue weighted by molar-refractivity contribution is -0.120. The molecule has 0 aliphatic carbocycles. The van der Waals surface area contributed by atoms with Crippen molar-refractivity contribution in [2.75, 3.05) is 17.0 Å². The Morgan fingerprint density at radius 2 is 1.68 bits per heavy atom. The number of nitrogens with zero attached hydrogens (tertiary/aromatic N) is 1. The number of benzene rings is 3. The van der Waals surface area contributed by atoms with Gasteiger partial charge >= 0.3 is 0 Å². The first kappa shape index (κ1) is 19.1. The number of nitrogens with one attached hydrogen (secondary N) is 1. The lowest BCUT2D eigenvalue weighted by Crippen LogP contribution is -2.32. The van der Waals surface area contributed by atoms with Gasteiger partial charge in [-0.25, -0.2) is 9.29 Å². The maximum atomic E-state index is 13.6. The van der Waals surface area contributed by atoms with Crippen LogP contribution >= 0.6 is 11.6 Å². The minimum absolute atomic E-state index is 0.0931. The summed E-state index contributed by atoms with van der Waals surface area (Å²) in [4.78, 5) is 27.6. The number of hydrogen-bond acceptors (Lipinski definition) is 5. The third kappa shape index (κ3) is 3.29. The number of amides is 2. The van der Waals surface area contributed by atoms with Crippen LogP contribution in [0.5, 0.6) is 11.5 Å². The van der Waals surface area contributed by atoms with Gasteiger partial charge in [0.25, 0.3) is 11.8 Å². The largest absolute Gasteiger partial charge is 0.454 e. The van der Waals surface area contributed by atoms with Gasteiger partial charge < -0.3 is 14.8 Å². The number of rotatable bonds is 4. The van der Waals surface area contributed by atoms with Gasteiger partial charge in [-0.2, -0.15) is 0 Å². The van der Waals surface area contributed by atoms with Gasteiger partial charge in [0.2, 0.25) is 6.79 Å². The van der Waals surface area contributed by atoms with Crippen LogP contribution in [0.15, 0.2) is 72.4 Å². The van der Waals surface area contributed by atoms with E-state index in [1.165, 1.54) is 12.1 Å². The lowest BCUT2D eigenvalue weighted by Gasteiger charge is -2.16. The Balaban J connectivity index is 1.59. The van der Waals surface area contributed by atoms with Crippen molar-refractivity contribution in [2.24, 2.45) is 0 Å². The molecule has 0 unspecified atom stereocenters. The topological polar surface area (TPSA) is 67.9 Å². The summed E-state index contributed by atoms with van der Waals surface area (Å²) in [5, 5.41) is 2.87. The predicted molar refractivity (Wildman–Crippen MR) is 113 cm³/mol. The minimum atomic E-state index is -0.639. The molecule has 0 saturated heterocycles. The number of hydrogen-bond donors (Lipinski definition) is 1. The van der Waals surface area contributed by atoms with Crippen LogP contribution < -0.4 is 19.7 Å². The number of ether oxygens (including phenoxy) is 2. The maximum Gasteiger partial charge on any atom is 0.282 e. The zero-order valence-corrected chi connectivity index (χ0v) is 16.7. The molecule has 0 bridgehead atoms. The highest BCUT2D eigenvalue weighted by molar-refractivity contribution is 6.46. The number of carbonyl (C=O) groups is 2. The summed E-state index contributed by atoms with van der Waals surface area (Å²) in [5.74, 6) is -0.629. The van der Waals surface area contributed by atoms with E-state index in [2.05, 4.69) is 5.32 Å². The second-order valence-electron chi connectivity index (χ2n) is 6.85. The summed E-state index contributed by atoms with van der Waals surface area (Å²) in [7, 11) is 0. The van der Waals surface area contributed by atoms with Gasteiger partial charge in [0.1, 0.15) is 11.5 Å². The highest BCUT2D eigenvalue weighted by Crippen LogP contribution is 2.38. The average molecular weight is 437 g/mol. The van der Waals surface area contributed by atoms with Gasteiger partial charge in [0, 0.05) is 11.8 Å². The quantitative estimate of drug-likeness (QED) is 0.605. The molecule has 0 spiro atoms. The van der Waals surface area contributed by atoms with Gasteiger partial charge in [0.05, 0.1) is 16.3 Å². The Bertz CT molecular complexity index is 1260. The smallest absolute Gasteiger partial charge is 0.282 e. The van der Waals surface area contributed by atoms with Crippen LogP contribution in [-0.2, 0) is 9.59 Å². The van der Waals surface area contributed by atoms with E-state index in [4.69, 9.17) is 21.1 Å². The molecule has 2 heterocycles. The normalized spacial score (nSPS) is 15.1. The highest BCUT2D eigenvalue weighted by Gasteiger charge is 2.40. The van der Waals surface area contributed by atoms with E-state index in [1.54, 1.807) is 42.5 Å². The van der Waals surface area contributed by atoms with Crippen molar-refractivity contribution in [1.29, 1.82) is 0 Å². The van der Waals surface area contributed by atoms with Crippen LogP contribution in [0.4, 0.5) is 15.8 Å². The van der Waals surface area contributed by atoms with Crippen LogP contribution in [-0.4, -0.2) is 18.6 Å². The van der Waals surface area contributed by atoms with E-state index in [0.717, 1.165) is 11.0 Å². The number of fused-ring (bicyclic) bond motifs is 1. The molecule has 154 valence electrons. The molecule has 3 aromatic carbocycles. The van der Waals surface area contributed by atoms with Gasteiger partial charge in [-0.05, 0) is 35.9 Å². The summed E-state index contributed by atoms with van der Waals surface area (Å²) in [5.41, 5.74) is 1.59. The van der Waals surface area contributed by atoms with Crippen LogP contribution in [0.2, 0.25) is 5.02 Å². The van der Waals surface area contributed by atoms with Crippen molar-refractivity contribution < 1.29 is 23.5 Å². The Morgan fingerprint density at radius 1 is 0.903 bits per heavy atom. The minimum Gasteiger partial charge on any atom is -0.454 e. The fraction of sp³-hybridized carbons (Fsp3) is 0.0435. The molecule has 0 aromatic heterocycles. The van der Waals surface area contributed by atoms with Gasteiger partial charge in [-0.15, -0.1) is 0 Å². The van der Waals surface area contributed by atoms with Gasteiger partial charge in [-0.3, -0.25) is 9.59 Å². The summed E-state index contributed by atoms with van der Waals surface area (Å²) in [6.07, 6.45) is 0. The van der Waals surface area contributed by atoms with E-state index >= 15 is 0 Å². The molecule has 8 heteroatoms. The predicted octanol–water partition coefficient (Wildman–Crippen LogP) is 4.60. The molecule has 1 N–H and O–H groups in total. The summed E-state index contributed by atoms with van der Waals surface area (Å²) in [6.45, 7) is 0.118. The Labute approximate surface area is 181 Å². The zero-order valence-electron chi connectivity index (χ0n) is 15.9. The van der Waals surface area contributed by atoms with Crippen molar-refractivity contribution in [2.45, 2.75) is 0 Å². The fourth-order valence-corrected chi connectivity index (χ4v) is 3.67. The fourth-order valence-electron chi connectivity index (χ4n) is 3.50. The molecule has 0 saturated carbocycles. The van der Waals surface area contributed by atoms with Crippen molar-refractivity contribution in [3.63, 3.8) is 0 Å². The SMILES string of the molecule is O=C1C(Nc2ccc3c(c2)OCO3)=C(c2ccccc2)C(=O)N1c1ccc(F)c(Cl)c1. The van der Waals surface area contributed by atoms with E-state index in [0.29, 0.717) is 22.7 Å². The third-order valence-electron chi connectivity index (χ3n) is 4.95. The van der Waals surface area contributed by atoms with Crippen LogP contribution in [0.25, 0.3) is 5.57 Å². The summed E-state index contributed by atoms with van der Waals surface area (Å²) in [6, 6.07) is 17.7. The number of imide groups is 1. The maximum absolute atomic E-state index is 13.6. The molecule has 31 heavy (non-hydrogen) atoms. The van der Waals surface area contributed by atoms with Crippen LogP contribution in [0.1, 0.15) is 5.56 Å². The third-order valence-corrected chi connectivity index (χ3v) is 5.24.